The average molecular weight is 366 g/mol. The first-order valence-electron chi connectivity index (χ1n) is 10.9. The molecule has 1 aliphatic heterocycles. The maximum Gasteiger partial charge on any atom is 0.191 e. The molecule has 1 atom stereocenters. The molecule has 26 heavy (non-hydrogen) atoms. The van der Waals surface area contributed by atoms with Gasteiger partial charge in [-0.2, -0.15) is 0 Å². The molecule has 152 valence electrons. The van der Waals surface area contributed by atoms with Crippen LogP contribution >= 0.6 is 0 Å². The Balaban J connectivity index is 1.93. The summed E-state index contributed by atoms with van der Waals surface area (Å²) in [5, 5.41) is 7.12. The SMILES string of the molecule is CCNC(=NCC1(CC)CCCC1)NCC(C(C)C)N1CCN(C)CC1. The van der Waals surface area contributed by atoms with Gasteiger partial charge in [0.05, 0.1) is 0 Å². The van der Waals surface area contributed by atoms with Gasteiger partial charge in [-0.3, -0.25) is 9.89 Å². The second-order valence-corrected chi connectivity index (χ2v) is 8.79. The van der Waals surface area contributed by atoms with Crippen molar-refractivity contribution in [2.45, 2.75) is 65.8 Å². The Kier molecular flexibility index (Phi) is 8.68. The number of rotatable bonds is 8. The number of aliphatic imine (C=N–C) groups is 1. The Labute approximate surface area is 162 Å². The van der Waals surface area contributed by atoms with Crippen LogP contribution in [0.1, 0.15) is 59.8 Å². The maximum atomic E-state index is 4.99. The van der Waals surface area contributed by atoms with Crippen LogP contribution in [0.4, 0.5) is 0 Å². The van der Waals surface area contributed by atoms with Gasteiger partial charge in [-0.1, -0.05) is 33.6 Å². The van der Waals surface area contributed by atoms with Crippen molar-refractivity contribution in [3.8, 4) is 0 Å². The van der Waals surface area contributed by atoms with Crippen LogP contribution in [0.25, 0.3) is 0 Å². The third-order valence-corrected chi connectivity index (χ3v) is 6.59. The third kappa shape index (κ3) is 6.12. The Morgan fingerprint density at radius 3 is 2.23 bits per heavy atom. The van der Waals surface area contributed by atoms with E-state index in [2.05, 4.69) is 55.2 Å². The molecule has 0 radical (unpaired) electrons. The fourth-order valence-electron chi connectivity index (χ4n) is 4.48. The quantitative estimate of drug-likeness (QED) is 0.513. The number of nitrogens with zero attached hydrogens (tertiary/aromatic N) is 3. The van der Waals surface area contributed by atoms with Gasteiger partial charge in [-0.05, 0) is 44.6 Å². The molecular formula is C21H43N5. The molecule has 0 aromatic heterocycles. The van der Waals surface area contributed by atoms with Gasteiger partial charge < -0.3 is 15.5 Å². The summed E-state index contributed by atoms with van der Waals surface area (Å²) in [7, 11) is 2.22. The number of hydrogen-bond donors (Lipinski definition) is 2. The minimum absolute atomic E-state index is 0.456. The van der Waals surface area contributed by atoms with Crippen molar-refractivity contribution in [2.75, 3.05) is 52.9 Å². The van der Waals surface area contributed by atoms with E-state index in [1.807, 2.05) is 0 Å². The van der Waals surface area contributed by atoms with Crippen molar-refractivity contribution < 1.29 is 0 Å². The first-order chi connectivity index (χ1) is 12.5. The van der Waals surface area contributed by atoms with E-state index < -0.39 is 0 Å². The molecule has 0 aromatic rings. The summed E-state index contributed by atoms with van der Waals surface area (Å²) in [4.78, 5) is 10.1. The molecular weight excluding hydrogens is 322 g/mol. The zero-order valence-electron chi connectivity index (χ0n) is 18.0. The molecule has 1 unspecified atom stereocenters. The van der Waals surface area contributed by atoms with Crippen LogP contribution in [0.2, 0.25) is 0 Å². The average Bonchev–Trinajstić information content (AvgIpc) is 3.10. The van der Waals surface area contributed by atoms with E-state index in [4.69, 9.17) is 4.99 Å². The molecule has 0 bridgehead atoms. The van der Waals surface area contributed by atoms with Crippen LogP contribution in [-0.2, 0) is 0 Å². The Morgan fingerprint density at radius 2 is 1.69 bits per heavy atom. The third-order valence-electron chi connectivity index (χ3n) is 6.59. The van der Waals surface area contributed by atoms with Gasteiger partial charge in [-0.15, -0.1) is 0 Å². The molecule has 2 fully saturated rings. The van der Waals surface area contributed by atoms with E-state index in [0.29, 0.717) is 17.4 Å². The van der Waals surface area contributed by atoms with E-state index in [-0.39, 0.29) is 0 Å². The fraction of sp³-hybridized carbons (Fsp3) is 0.952. The summed E-state index contributed by atoms with van der Waals surface area (Å²) < 4.78 is 0. The first kappa shape index (κ1) is 21.5. The van der Waals surface area contributed by atoms with Gasteiger partial charge in [0.2, 0.25) is 0 Å². The molecule has 0 spiro atoms. The molecule has 2 aliphatic rings. The van der Waals surface area contributed by atoms with Crippen molar-refractivity contribution in [3.63, 3.8) is 0 Å². The largest absolute Gasteiger partial charge is 0.357 e. The lowest BCUT2D eigenvalue weighted by Gasteiger charge is -2.40. The van der Waals surface area contributed by atoms with E-state index in [1.54, 1.807) is 0 Å². The van der Waals surface area contributed by atoms with Crippen molar-refractivity contribution in [1.29, 1.82) is 0 Å². The van der Waals surface area contributed by atoms with E-state index >= 15 is 0 Å². The molecule has 5 nitrogen and oxygen atoms in total. The normalized spacial score (nSPS) is 23.4. The Morgan fingerprint density at radius 1 is 1.04 bits per heavy atom. The van der Waals surface area contributed by atoms with Crippen LogP contribution in [0, 0.1) is 11.3 Å². The predicted octanol–water partition coefficient (Wildman–Crippen LogP) is 2.78. The molecule has 2 N–H and O–H groups in total. The number of likely N-dealkylation sites (N-methyl/N-ethyl adjacent to an activating group) is 1. The number of guanidine groups is 1. The highest BCUT2D eigenvalue weighted by molar-refractivity contribution is 5.79. The molecule has 2 rings (SSSR count). The van der Waals surface area contributed by atoms with Crippen molar-refractivity contribution in [2.24, 2.45) is 16.3 Å². The molecule has 5 heteroatoms. The van der Waals surface area contributed by atoms with Gasteiger partial charge in [0, 0.05) is 51.9 Å². The first-order valence-corrected chi connectivity index (χ1v) is 10.9. The zero-order chi connectivity index (χ0) is 19.0. The molecule has 1 saturated carbocycles. The lowest BCUT2D eigenvalue weighted by molar-refractivity contribution is 0.0900. The van der Waals surface area contributed by atoms with Crippen molar-refractivity contribution >= 4 is 5.96 Å². The molecule has 1 saturated heterocycles. The summed E-state index contributed by atoms with van der Waals surface area (Å²) in [5.41, 5.74) is 0.456. The standard InChI is InChI=1S/C21H43N5/c1-6-21(10-8-9-11-21)17-24-20(22-7-2)23-16-19(18(3)4)26-14-12-25(5)13-15-26/h18-19H,6-17H2,1-5H3,(H2,22,23,24). The summed E-state index contributed by atoms with van der Waals surface area (Å²) in [5.74, 6) is 1.65. The molecule has 0 aromatic carbocycles. The zero-order valence-corrected chi connectivity index (χ0v) is 18.0. The van der Waals surface area contributed by atoms with Crippen LogP contribution in [0.5, 0.6) is 0 Å². The minimum atomic E-state index is 0.456. The Hall–Kier alpha value is -0.810. The van der Waals surface area contributed by atoms with Crippen LogP contribution in [-0.4, -0.2) is 74.7 Å². The number of piperazine rings is 1. The number of nitrogens with one attached hydrogen (secondary N) is 2. The molecule has 0 amide bonds. The van der Waals surface area contributed by atoms with Gasteiger partial charge in [0.1, 0.15) is 0 Å². The van der Waals surface area contributed by atoms with Crippen LogP contribution in [0.3, 0.4) is 0 Å². The van der Waals surface area contributed by atoms with Gasteiger partial charge in [-0.25, -0.2) is 0 Å². The second kappa shape index (κ2) is 10.5. The highest BCUT2D eigenvalue weighted by Crippen LogP contribution is 2.41. The molecule has 1 heterocycles. The second-order valence-electron chi connectivity index (χ2n) is 8.79. The van der Waals surface area contributed by atoms with Crippen LogP contribution < -0.4 is 10.6 Å². The smallest absolute Gasteiger partial charge is 0.191 e. The van der Waals surface area contributed by atoms with Crippen molar-refractivity contribution in [1.82, 2.24) is 20.4 Å². The fourth-order valence-corrected chi connectivity index (χ4v) is 4.48. The molecule has 1 aliphatic carbocycles. The highest BCUT2D eigenvalue weighted by atomic mass is 15.3. The maximum absolute atomic E-state index is 4.99. The van der Waals surface area contributed by atoms with E-state index in [9.17, 15) is 0 Å². The summed E-state index contributed by atoms with van der Waals surface area (Å²) >= 11 is 0. The Bertz CT molecular complexity index is 420. The minimum Gasteiger partial charge on any atom is -0.357 e. The topological polar surface area (TPSA) is 42.9 Å². The monoisotopic (exact) mass is 365 g/mol. The van der Waals surface area contributed by atoms with Crippen molar-refractivity contribution in [3.05, 3.63) is 0 Å². The van der Waals surface area contributed by atoms with E-state index in [0.717, 1.165) is 25.6 Å². The lowest BCUT2D eigenvalue weighted by Crippen LogP contribution is -2.55. The predicted molar refractivity (Wildman–Crippen MR) is 113 cm³/mol. The van der Waals surface area contributed by atoms with Crippen LogP contribution in [0.15, 0.2) is 4.99 Å². The summed E-state index contributed by atoms with van der Waals surface area (Å²) in [6.07, 6.45) is 6.72. The van der Waals surface area contributed by atoms with Gasteiger partial charge >= 0.3 is 0 Å². The van der Waals surface area contributed by atoms with Gasteiger partial charge in [0.25, 0.3) is 0 Å². The summed E-state index contributed by atoms with van der Waals surface area (Å²) in [6.45, 7) is 16.8. The lowest BCUT2D eigenvalue weighted by atomic mass is 9.84. The van der Waals surface area contributed by atoms with Gasteiger partial charge in [0.15, 0.2) is 5.96 Å². The number of hydrogen-bond acceptors (Lipinski definition) is 3. The highest BCUT2D eigenvalue weighted by Gasteiger charge is 2.32. The van der Waals surface area contributed by atoms with E-state index in [1.165, 1.54) is 58.3 Å². The summed E-state index contributed by atoms with van der Waals surface area (Å²) in [6, 6.07) is 0.569.